The third kappa shape index (κ3) is 5.85. The summed E-state index contributed by atoms with van der Waals surface area (Å²) in [5.74, 6) is -0.939. The van der Waals surface area contributed by atoms with Gasteiger partial charge in [0.2, 0.25) is 0 Å². The van der Waals surface area contributed by atoms with Crippen LogP contribution >= 0.6 is 0 Å². The van der Waals surface area contributed by atoms with E-state index in [9.17, 15) is 9.90 Å². The number of hydrogen-bond donors (Lipinski definition) is 1. The number of carboxylic acids is 1. The standard InChI is InChI=1S/C29H41NO3/c1-18-10-12-21(13-11-18)24-20(3)23-16-30(17-28(4,5)6)15-14-22(23)19(2)25(24)26(27(31)32)33-29(7,8)9/h10-13,26H,14-17H2,1-9H3,(H,31,32)/t26-/m0/s1. The van der Waals surface area contributed by atoms with Gasteiger partial charge in [0.15, 0.2) is 6.10 Å². The number of nitrogens with zero attached hydrogens (tertiary/aromatic N) is 1. The highest BCUT2D eigenvalue weighted by molar-refractivity contribution is 5.84. The minimum atomic E-state index is -1.02. The predicted octanol–water partition coefficient (Wildman–Crippen LogP) is 6.62. The van der Waals surface area contributed by atoms with Crippen molar-refractivity contribution in [3.63, 3.8) is 0 Å². The highest BCUT2D eigenvalue weighted by Gasteiger charge is 2.35. The van der Waals surface area contributed by atoms with Crippen molar-refractivity contribution in [2.45, 2.75) is 87.0 Å². The van der Waals surface area contributed by atoms with Gasteiger partial charge in [0.05, 0.1) is 5.60 Å². The van der Waals surface area contributed by atoms with Gasteiger partial charge in [-0.25, -0.2) is 4.79 Å². The molecule has 180 valence electrons. The number of aliphatic carboxylic acids is 1. The van der Waals surface area contributed by atoms with Crippen LogP contribution in [0.1, 0.15) is 81.0 Å². The van der Waals surface area contributed by atoms with E-state index >= 15 is 0 Å². The number of aryl methyl sites for hydroxylation is 1. The molecule has 0 bridgehead atoms. The van der Waals surface area contributed by atoms with E-state index in [1.165, 1.54) is 22.3 Å². The maximum absolute atomic E-state index is 12.5. The normalized spacial score (nSPS) is 15.9. The van der Waals surface area contributed by atoms with Crippen molar-refractivity contribution in [2.24, 2.45) is 5.41 Å². The van der Waals surface area contributed by atoms with Crippen LogP contribution in [0.2, 0.25) is 0 Å². The minimum Gasteiger partial charge on any atom is -0.479 e. The number of rotatable bonds is 5. The molecule has 3 rings (SSSR count). The van der Waals surface area contributed by atoms with Gasteiger partial charge in [0.25, 0.3) is 0 Å². The molecule has 33 heavy (non-hydrogen) atoms. The van der Waals surface area contributed by atoms with Crippen molar-refractivity contribution in [3.05, 3.63) is 57.6 Å². The van der Waals surface area contributed by atoms with E-state index < -0.39 is 17.7 Å². The number of carbonyl (C=O) groups is 1. The average Bonchev–Trinajstić information content (AvgIpc) is 2.68. The summed E-state index contributed by atoms with van der Waals surface area (Å²) in [7, 11) is 0. The summed E-state index contributed by atoms with van der Waals surface area (Å²) in [6.07, 6.45) is -0.0842. The average molecular weight is 452 g/mol. The summed E-state index contributed by atoms with van der Waals surface area (Å²) in [4.78, 5) is 15.1. The van der Waals surface area contributed by atoms with Gasteiger partial charge in [-0.15, -0.1) is 0 Å². The third-order valence-corrected chi connectivity index (χ3v) is 6.37. The zero-order valence-corrected chi connectivity index (χ0v) is 21.9. The second kappa shape index (κ2) is 9.23. The first kappa shape index (κ1) is 25.5. The second-order valence-corrected chi connectivity index (χ2v) is 11.8. The first-order valence-electron chi connectivity index (χ1n) is 12.0. The van der Waals surface area contributed by atoms with Gasteiger partial charge in [-0.3, -0.25) is 4.90 Å². The van der Waals surface area contributed by atoms with Crippen molar-refractivity contribution in [1.82, 2.24) is 4.90 Å². The van der Waals surface area contributed by atoms with Gasteiger partial charge < -0.3 is 9.84 Å². The maximum Gasteiger partial charge on any atom is 0.337 e. The molecular formula is C29H41NO3. The van der Waals surface area contributed by atoms with Crippen molar-refractivity contribution in [3.8, 4) is 11.1 Å². The monoisotopic (exact) mass is 451 g/mol. The van der Waals surface area contributed by atoms with E-state index in [1.807, 2.05) is 20.8 Å². The van der Waals surface area contributed by atoms with Crippen LogP contribution in [0.3, 0.4) is 0 Å². The van der Waals surface area contributed by atoms with E-state index in [1.54, 1.807) is 0 Å². The lowest BCUT2D eigenvalue weighted by Gasteiger charge is -2.37. The molecule has 2 aromatic rings. The summed E-state index contributed by atoms with van der Waals surface area (Å²) >= 11 is 0. The molecule has 0 radical (unpaired) electrons. The predicted molar refractivity (Wildman–Crippen MR) is 136 cm³/mol. The fraction of sp³-hybridized carbons (Fsp3) is 0.552. The molecule has 1 aliphatic rings. The molecular weight excluding hydrogens is 410 g/mol. The molecule has 0 aliphatic carbocycles. The Balaban J connectivity index is 2.26. The van der Waals surface area contributed by atoms with Crippen LogP contribution in [0, 0.1) is 26.2 Å². The van der Waals surface area contributed by atoms with Crippen molar-refractivity contribution >= 4 is 5.97 Å². The lowest BCUT2D eigenvalue weighted by atomic mass is 9.79. The van der Waals surface area contributed by atoms with Crippen LogP contribution in [0.25, 0.3) is 11.1 Å². The Kier molecular flexibility index (Phi) is 7.12. The highest BCUT2D eigenvalue weighted by Crippen LogP contribution is 2.42. The van der Waals surface area contributed by atoms with Crippen molar-refractivity contribution in [1.29, 1.82) is 0 Å². The molecule has 0 saturated heterocycles. The molecule has 4 nitrogen and oxygen atoms in total. The molecule has 4 heteroatoms. The van der Waals surface area contributed by atoms with Crippen LogP contribution in [0.4, 0.5) is 0 Å². The molecule has 0 spiro atoms. The van der Waals surface area contributed by atoms with Crippen molar-refractivity contribution in [2.75, 3.05) is 13.1 Å². The Labute approximate surface area is 200 Å². The fourth-order valence-electron chi connectivity index (χ4n) is 5.09. The van der Waals surface area contributed by atoms with Gasteiger partial charge in [-0.05, 0) is 86.8 Å². The second-order valence-electron chi connectivity index (χ2n) is 11.8. The smallest absolute Gasteiger partial charge is 0.337 e. The SMILES string of the molecule is Cc1ccc(-c2c(C)c3c(c(C)c2[C@H](OC(C)(C)C)C(=O)O)CCN(CC(C)(C)C)C3)cc1. The van der Waals surface area contributed by atoms with E-state index in [-0.39, 0.29) is 5.41 Å². The number of benzene rings is 2. The topological polar surface area (TPSA) is 49.8 Å². The zero-order valence-electron chi connectivity index (χ0n) is 21.9. The molecule has 1 aliphatic heterocycles. The molecule has 0 aromatic heterocycles. The van der Waals surface area contributed by atoms with E-state index in [0.717, 1.165) is 48.3 Å². The first-order valence-corrected chi connectivity index (χ1v) is 12.0. The van der Waals surface area contributed by atoms with E-state index in [0.29, 0.717) is 0 Å². The number of ether oxygens (including phenoxy) is 1. The summed E-state index contributed by atoms with van der Waals surface area (Å²) in [6, 6.07) is 8.41. The van der Waals surface area contributed by atoms with Crippen LogP contribution in [-0.4, -0.2) is 34.7 Å². The highest BCUT2D eigenvalue weighted by atomic mass is 16.5. The summed E-state index contributed by atoms with van der Waals surface area (Å²) in [6.45, 7) is 21.8. The van der Waals surface area contributed by atoms with Gasteiger partial charge in [0, 0.05) is 25.2 Å². The number of hydrogen-bond acceptors (Lipinski definition) is 3. The zero-order chi connectivity index (χ0) is 24.7. The molecule has 1 N–H and O–H groups in total. The molecule has 0 fully saturated rings. The minimum absolute atomic E-state index is 0.231. The Morgan fingerprint density at radius 2 is 1.61 bits per heavy atom. The third-order valence-electron chi connectivity index (χ3n) is 6.37. The fourth-order valence-corrected chi connectivity index (χ4v) is 5.09. The van der Waals surface area contributed by atoms with Gasteiger partial charge >= 0.3 is 5.97 Å². The Morgan fingerprint density at radius 3 is 2.12 bits per heavy atom. The largest absolute Gasteiger partial charge is 0.479 e. The molecule has 1 heterocycles. The molecule has 1 atom stereocenters. The summed E-state index contributed by atoms with van der Waals surface area (Å²) < 4.78 is 6.18. The lowest BCUT2D eigenvalue weighted by molar-refractivity contribution is -0.160. The van der Waals surface area contributed by atoms with Crippen molar-refractivity contribution < 1.29 is 14.6 Å². The number of fused-ring (bicyclic) bond motifs is 1. The lowest BCUT2D eigenvalue weighted by Crippen LogP contribution is -2.38. The van der Waals surface area contributed by atoms with Crippen LogP contribution in [0.5, 0.6) is 0 Å². The number of carboxylic acid groups (broad SMARTS) is 1. The molecule has 0 amide bonds. The molecule has 0 unspecified atom stereocenters. The summed E-state index contributed by atoms with van der Waals surface area (Å²) in [5.41, 5.74) is 8.61. The van der Waals surface area contributed by atoms with Gasteiger partial charge in [-0.2, -0.15) is 0 Å². The van der Waals surface area contributed by atoms with Crippen LogP contribution in [0.15, 0.2) is 24.3 Å². The summed E-state index contributed by atoms with van der Waals surface area (Å²) in [5, 5.41) is 10.3. The Hall–Kier alpha value is -2.17. The maximum atomic E-state index is 12.5. The molecule has 0 saturated carbocycles. The molecule has 2 aromatic carbocycles. The Bertz CT molecular complexity index is 1020. The van der Waals surface area contributed by atoms with Gasteiger partial charge in [0.1, 0.15) is 0 Å². The first-order chi connectivity index (χ1) is 15.2. The quantitative estimate of drug-likeness (QED) is 0.555. The Morgan fingerprint density at radius 1 is 1.00 bits per heavy atom. The van der Waals surface area contributed by atoms with Crippen LogP contribution in [-0.2, 0) is 22.5 Å². The van der Waals surface area contributed by atoms with E-state index in [4.69, 9.17) is 4.74 Å². The van der Waals surface area contributed by atoms with Crippen LogP contribution < -0.4 is 0 Å². The van der Waals surface area contributed by atoms with E-state index in [2.05, 4.69) is 70.7 Å². The van der Waals surface area contributed by atoms with Gasteiger partial charge in [-0.1, -0.05) is 50.6 Å².